The van der Waals surface area contributed by atoms with Crippen LogP contribution in [0.3, 0.4) is 0 Å². The van der Waals surface area contributed by atoms with E-state index >= 15 is 0 Å². The van der Waals surface area contributed by atoms with Crippen molar-refractivity contribution in [3.8, 4) is 0 Å². The molecule has 0 saturated heterocycles. The standard InChI is InChI=1S/C14H17NO2/c1-2-14(17)15-9-13(16)12-7-6-10-4-3-5-11(10)8-12/h6-8H,2-5,9H2,1H3,(H,15,17). The van der Waals surface area contributed by atoms with E-state index in [4.69, 9.17) is 0 Å². The summed E-state index contributed by atoms with van der Waals surface area (Å²) in [6.07, 6.45) is 3.78. The van der Waals surface area contributed by atoms with Crippen molar-refractivity contribution < 1.29 is 9.59 Å². The zero-order valence-electron chi connectivity index (χ0n) is 10.1. The molecule has 0 aliphatic heterocycles. The van der Waals surface area contributed by atoms with Gasteiger partial charge in [-0.25, -0.2) is 0 Å². The number of aryl methyl sites for hydroxylation is 2. The maximum absolute atomic E-state index is 11.9. The number of Topliss-reactive ketones (excluding diaryl/α,β-unsaturated/α-hetero) is 1. The third kappa shape index (κ3) is 2.73. The second-order valence-corrected chi connectivity index (χ2v) is 4.39. The van der Waals surface area contributed by atoms with Crippen LogP contribution in [0.2, 0.25) is 0 Å². The van der Waals surface area contributed by atoms with Crippen LogP contribution in [-0.4, -0.2) is 18.2 Å². The Kier molecular flexibility index (Phi) is 3.57. The molecule has 2 rings (SSSR count). The van der Waals surface area contributed by atoms with Gasteiger partial charge in [0.05, 0.1) is 6.54 Å². The van der Waals surface area contributed by atoms with Crippen molar-refractivity contribution in [2.75, 3.05) is 6.54 Å². The van der Waals surface area contributed by atoms with Crippen LogP contribution >= 0.6 is 0 Å². The van der Waals surface area contributed by atoms with E-state index in [1.165, 1.54) is 17.5 Å². The number of ketones is 1. The van der Waals surface area contributed by atoms with E-state index in [-0.39, 0.29) is 18.2 Å². The molecule has 3 heteroatoms. The van der Waals surface area contributed by atoms with Crippen LogP contribution < -0.4 is 5.32 Å². The average Bonchev–Trinajstić information content (AvgIpc) is 2.82. The van der Waals surface area contributed by atoms with Crippen LogP contribution in [0.1, 0.15) is 41.3 Å². The van der Waals surface area contributed by atoms with Crippen molar-refractivity contribution in [3.05, 3.63) is 34.9 Å². The number of hydrogen-bond acceptors (Lipinski definition) is 2. The van der Waals surface area contributed by atoms with Gasteiger partial charge in [0.1, 0.15) is 0 Å². The minimum absolute atomic E-state index is 0.0125. The van der Waals surface area contributed by atoms with Gasteiger partial charge in [0.15, 0.2) is 5.78 Å². The summed E-state index contributed by atoms with van der Waals surface area (Å²) in [4.78, 5) is 22.9. The molecule has 1 aliphatic rings. The highest BCUT2D eigenvalue weighted by Crippen LogP contribution is 2.22. The van der Waals surface area contributed by atoms with Crippen molar-refractivity contribution in [2.45, 2.75) is 32.6 Å². The van der Waals surface area contributed by atoms with Gasteiger partial charge in [-0.2, -0.15) is 0 Å². The van der Waals surface area contributed by atoms with E-state index in [2.05, 4.69) is 5.32 Å². The molecule has 0 spiro atoms. The largest absolute Gasteiger partial charge is 0.349 e. The Morgan fingerprint density at radius 2 is 2.00 bits per heavy atom. The van der Waals surface area contributed by atoms with E-state index < -0.39 is 0 Å². The van der Waals surface area contributed by atoms with Crippen LogP contribution in [0.4, 0.5) is 0 Å². The molecule has 0 heterocycles. The molecule has 1 aliphatic carbocycles. The maximum atomic E-state index is 11.9. The molecule has 1 aromatic rings. The normalized spacial score (nSPS) is 13.2. The highest BCUT2D eigenvalue weighted by atomic mass is 16.2. The molecule has 0 bridgehead atoms. The van der Waals surface area contributed by atoms with Gasteiger partial charge < -0.3 is 5.32 Å². The molecular formula is C14H17NO2. The lowest BCUT2D eigenvalue weighted by molar-refractivity contribution is -0.120. The summed E-state index contributed by atoms with van der Waals surface area (Å²) in [5.41, 5.74) is 3.36. The SMILES string of the molecule is CCC(=O)NCC(=O)c1ccc2c(c1)CCC2. The van der Waals surface area contributed by atoms with Crippen molar-refractivity contribution in [2.24, 2.45) is 0 Å². The Hall–Kier alpha value is -1.64. The molecule has 0 aromatic heterocycles. The molecule has 0 radical (unpaired) electrons. The van der Waals surface area contributed by atoms with Crippen LogP contribution in [0.15, 0.2) is 18.2 Å². The van der Waals surface area contributed by atoms with E-state index in [1.54, 1.807) is 6.92 Å². The second kappa shape index (κ2) is 5.13. The van der Waals surface area contributed by atoms with Gasteiger partial charge in [0, 0.05) is 12.0 Å². The summed E-state index contributed by atoms with van der Waals surface area (Å²) in [6, 6.07) is 5.88. The number of carbonyl (C=O) groups is 2. The summed E-state index contributed by atoms with van der Waals surface area (Å²) in [7, 11) is 0. The van der Waals surface area contributed by atoms with E-state index in [0.717, 1.165) is 12.8 Å². The van der Waals surface area contributed by atoms with Gasteiger partial charge >= 0.3 is 0 Å². The number of amides is 1. The zero-order valence-corrected chi connectivity index (χ0v) is 10.1. The van der Waals surface area contributed by atoms with Gasteiger partial charge in [-0.1, -0.05) is 19.1 Å². The fourth-order valence-corrected chi connectivity index (χ4v) is 2.15. The molecule has 0 unspecified atom stereocenters. The van der Waals surface area contributed by atoms with E-state index in [1.807, 2.05) is 18.2 Å². The summed E-state index contributed by atoms with van der Waals surface area (Å²) in [6.45, 7) is 1.88. The smallest absolute Gasteiger partial charge is 0.220 e. The molecule has 90 valence electrons. The average molecular weight is 231 g/mol. The van der Waals surface area contributed by atoms with Gasteiger partial charge in [-0.15, -0.1) is 0 Å². The fraction of sp³-hybridized carbons (Fsp3) is 0.429. The minimum Gasteiger partial charge on any atom is -0.349 e. The highest BCUT2D eigenvalue weighted by Gasteiger charge is 2.14. The van der Waals surface area contributed by atoms with Gasteiger partial charge in [0.25, 0.3) is 0 Å². The Balaban J connectivity index is 2.02. The van der Waals surface area contributed by atoms with E-state index in [0.29, 0.717) is 12.0 Å². The second-order valence-electron chi connectivity index (χ2n) is 4.39. The van der Waals surface area contributed by atoms with Gasteiger partial charge in [0.2, 0.25) is 5.91 Å². The minimum atomic E-state index is -0.0838. The predicted molar refractivity (Wildman–Crippen MR) is 66.1 cm³/mol. The number of hydrogen-bond donors (Lipinski definition) is 1. The lowest BCUT2D eigenvalue weighted by Gasteiger charge is -2.05. The summed E-state index contributed by atoms with van der Waals surface area (Å²) < 4.78 is 0. The lowest BCUT2D eigenvalue weighted by Crippen LogP contribution is -2.28. The lowest BCUT2D eigenvalue weighted by atomic mass is 10.0. The first kappa shape index (κ1) is 11.8. The van der Waals surface area contributed by atoms with Gasteiger partial charge in [-0.3, -0.25) is 9.59 Å². The number of nitrogens with one attached hydrogen (secondary N) is 1. The van der Waals surface area contributed by atoms with Gasteiger partial charge in [-0.05, 0) is 36.5 Å². The number of benzene rings is 1. The highest BCUT2D eigenvalue weighted by molar-refractivity contribution is 5.99. The van der Waals surface area contributed by atoms with Crippen LogP contribution in [0.5, 0.6) is 0 Å². The first-order chi connectivity index (χ1) is 8.20. The van der Waals surface area contributed by atoms with Crippen LogP contribution in [-0.2, 0) is 17.6 Å². The van der Waals surface area contributed by atoms with Crippen molar-refractivity contribution in [1.29, 1.82) is 0 Å². The maximum Gasteiger partial charge on any atom is 0.220 e. The molecule has 17 heavy (non-hydrogen) atoms. The summed E-state index contributed by atoms with van der Waals surface area (Å²) in [5, 5.41) is 2.61. The molecule has 1 N–H and O–H groups in total. The third-order valence-electron chi connectivity index (χ3n) is 3.19. The molecule has 0 fully saturated rings. The molecule has 1 amide bonds. The molecular weight excluding hydrogens is 214 g/mol. The molecule has 1 aromatic carbocycles. The number of fused-ring (bicyclic) bond motifs is 1. The first-order valence-electron chi connectivity index (χ1n) is 6.12. The topological polar surface area (TPSA) is 46.2 Å². The van der Waals surface area contributed by atoms with Crippen molar-refractivity contribution >= 4 is 11.7 Å². The van der Waals surface area contributed by atoms with Crippen molar-refractivity contribution in [1.82, 2.24) is 5.32 Å². The van der Waals surface area contributed by atoms with Crippen molar-refractivity contribution in [3.63, 3.8) is 0 Å². The predicted octanol–water partition coefficient (Wildman–Crippen LogP) is 1.88. The zero-order chi connectivity index (χ0) is 12.3. The molecule has 0 atom stereocenters. The first-order valence-corrected chi connectivity index (χ1v) is 6.12. The Morgan fingerprint density at radius 1 is 1.24 bits per heavy atom. The summed E-state index contributed by atoms with van der Waals surface area (Å²) >= 11 is 0. The van der Waals surface area contributed by atoms with E-state index in [9.17, 15) is 9.59 Å². The molecule has 0 saturated carbocycles. The summed E-state index contributed by atoms with van der Waals surface area (Å²) in [5.74, 6) is -0.0963. The number of rotatable bonds is 4. The van der Waals surface area contributed by atoms with Crippen LogP contribution in [0, 0.1) is 0 Å². The Morgan fingerprint density at radius 3 is 2.76 bits per heavy atom. The monoisotopic (exact) mass is 231 g/mol. The van der Waals surface area contributed by atoms with Crippen LogP contribution in [0.25, 0.3) is 0 Å². The Bertz CT molecular complexity index is 452. The quantitative estimate of drug-likeness (QED) is 0.804. The third-order valence-corrected chi connectivity index (χ3v) is 3.19. The molecule has 3 nitrogen and oxygen atoms in total. The Labute approximate surface area is 101 Å². The number of carbonyl (C=O) groups excluding carboxylic acids is 2. The fourth-order valence-electron chi connectivity index (χ4n) is 2.15.